The molecule has 0 spiro atoms. The summed E-state index contributed by atoms with van der Waals surface area (Å²) in [4.78, 5) is 23.3. The van der Waals surface area contributed by atoms with Gasteiger partial charge in [0, 0.05) is 12.1 Å². The van der Waals surface area contributed by atoms with Crippen LogP contribution in [0.3, 0.4) is 0 Å². The number of hydrogen-bond donors (Lipinski definition) is 1. The van der Waals surface area contributed by atoms with Gasteiger partial charge in [-0.3, -0.25) is 9.59 Å². The van der Waals surface area contributed by atoms with E-state index in [2.05, 4.69) is 10.3 Å². The average Bonchev–Trinajstić information content (AvgIpc) is 4.11. The number of halogens is 6. The normalized spacial score (nSPS) is 12.3. The van der Waals surface area contributed by atoms with E-state index in [0.29, 0.717) is 40.8 Å². The lowest BCUT2D eigenvalue weighted by Gasteiger charge is -2.15. The van der Waals surface area contributed by atoms with E-state index in [0.717, 1.165) is 57.6 Å². The van der Waals surface area contributed by atoms with Crippen molar-refractivity contribution in [3.05, 3.63) is 215 Å². The van der Waals surface area contributed by atoms with Crippen LogP contribution >= 0.6 is 0 Å². The standard InChI is InChI=1S/C28H24F3NO4.C26H20F3NO4/c1-2-34-27(33)17-25(26-14-15-32-36-26)21-8-12-24(13-9-21)35-18-19-4-3-5-22(16-19)20-6-10-23(11-7-20)28(29,30)31;27-26(28,29)21-8-4-18(5-9-21)20-3-1-2-17(14-20)16-33-22-10-6-19(7-11-22)23(15-25(31)32)24-12-13-30-34-24/h3-16,25H,2,17-18H2,1H3;1-14,23H,15-16H2,(H,31,32). The van der Waals surface area contributed by atoms with Crippen molar-refractivity contribution in [1.29, 1.82) is 0 Å². The topological polar surface area (TPSA) is 134 Å². The Hall–Kier alpha value is -8.14. The molecule has 10 nitrogen and oxygen atoms in total. The quantitative estimate of drug-likeness (QED) is 0.0694. The summed E-state index contributed by atoms with van der Waals surface area (Å²) < 4.78 is 104. The molecule has 0 fully saturated rings. The summed E-state index contributed by atoms with van der Waals surface area (Å²) in [7, 11) is 0. The van der Waals surface area contributed by atoms with Crippen molar-refractivity contribution in [2.24, 2.45) is 0 Å². The van der Waals surface area contributed by atoms with E-state index in [1.165, 1.54) is 36.7 Å². The molecule has 8 rings (SSSR count). The van der Waals surface area contributed by atoms with Gasteiger partial charge in [-0.25, -0.2) is 0 Å². The molecule has 8 aromatic rings. The van der Waals surface area contributed by atoms with Crippen molar-refractivity contribution in [3.63, 3.8) is 0 Å². The third kappa shape index (κ3) is 13.7. The van der Waals surface area contributed by atoms with Gasteiger partial charge in [-0.05, 0) is 112 Å². The number of alkyl halides is 6. The fraction of sp³-hybridized carbons (Fsp3) is 0.185. The SMILES string of the molecule is CCOC(=O)CC(c1ccc(OCc2cccc(-c3ccc(C(F)(F)F)cc3)c2)cc1)c1ccno1.O=C(O)CC(c1ccc(OCc2cccc(-c3ccc(C(F)(F)F)cc3)c2)cc1)c1ccno1. The fourth-order valence-electron chi connectivity index (χ4n) is 7.45. The van der Waals surface area contributed by atoms with Crippen molar-refractivity contribution in [2.45, 2.75) is 57.2 Å². The van der Waals surface area contributed by atoms with Gasteiger partial charge in [-0.1, -0.05) is 95.2 Å². The van der Waals surface area contributed by atoms with E-state index in [9.17, 15) is 41.0 Å². The number of nitrogens with zero attached hydrogens (tertiary/aromatic N) is 2. The lowest BCUT2D eigenvalue weighted by atomic mass is 9.93. The largest absolute Gasteiger partial charge is 0.489 e. The van der Waals surface area contributed by atoms with Crippen LogP contribution in [0.25, 0.3) is 22.3 Å². The van der Waals surface area contributed by atoms with Crippen LogP contribution in [0.5, 0.6) is 11.5 Å². The molecule has 0 radical (unpaired) electrons. The second-order valence-electron chi connectivity index (χ2n) is 15.8. The summed E-state index contributed by atoms with van der Waals surface area (Å²) in [5.41, 5.74) is 4.93. The summed E-state index contributed by atoms with van der Waals surface area (Å²) in [6.07, 6.45) is -5.74. The van der Waals surface area contributed by atoms with Gasteiger partial charge in [0.2, 0.25) is 0 Å². The van der Waals surface area contributed by atoms with Gasteiger partial charge in [0.25, 0.3) is 0 Å². The predicted octanol–water partition coefficient (Wildman–Crippen LogP) is 13.6. The number of carboxylic acids is 1. The molecule has 6 aromatic carbocycles. The lowest BCUT2D eigenvalue weighted by Crippen LogP contribution is -2.11. The highest BCUT2D eigenvalue weighted by molar-refractivity contribution is 5.71. The van der Waals surface area contributed by atoms with Crippen LogP contribution in [-0.4, -0.2) is 34.0 Å². The summed E-state index contributed by atoms with van der Waals surface area (Å²) in [6.45, 7) is 2.60. The Kier molecular flexibility index (Phi) is 16.2. The highest BCUT2D eigenvalue weighted by Crippen LogP contribution is 2.35. The number of hydrogen-bond acceptors (Lipinski definition) is 9. The molecule has 16 heteroatoms. The molecule has 0 aliphatic heterocycles. The van der Waals surface area contributed by atoms with Crippen molar-refractivity contribution in [2.75, 3.05) is 6.61 Å². The molecule has 1 N–H and O–H groups in total. The maximum Gasteiger partial charge on any atom is 0.416 e. The number of aliphatic carboxylic acids is 1. The zero-order chi connectivity index (χ0) is 49.7. The fourth-order valence-corrected chi connectivity index (χ4v) is 7.45. The van der Waals surface area contributed by atoms with Crippen LogP contribution < -0.4 is 9.47 Å². The highest BCUT2D eigenvalue weighted by atomic mass is 19.4. The molecule has 2 atom stereocenters. The van der Waals surface area contributed by atoms with Crippen molar-refractivity contribution in [3.8, 4) is 33.8 Å². The smallest absolute Gasteiger partial charge is 0.416 e. The summed E-state index contributed by atoms with van der Waals surface area (Å²) in [5.74, 6) is 0.187. The third-order valence-electron chi connectivity index (χ3n) is 11.0. The van der Waals surface area contributed by atoms with E-state index in [1.54, 1.807) is 43.3 Å². The average molecular weight is 963 g/mol. The molecule has 70 heavy (non-hydrogen) atoms. The molecule has 0 bridgehead atoms. The van der Waals surface area contributed by atoms with Crippen LogP contribution in [0.4, 0.5) is 26.3 Å². The summed E-state index contributed by atoms with van der Waals surface area (Å²) >= 11 is 0. The zero-order valence-corrected chi connectivity index (χ0v) is 37.3. The van der Waals surface area contributed by atoms with Crippen LogP contribution in [0.2, 0.25) is 0 Å². The Labute approximate surface area is 398 Å². The minimum atomic E-state index is -4.37. The maximum atomic E-state index is 12.8. The zero-order valence-electron chi connectivity index (χ0n) is 37.3. The molecule has 2 aromatic heterocycles. The van der Waals surface area contributed by atoms with Crippen molar-refractivity contribution < 1.29 is 64.3 Å². The number of carbonyl (C=O) groups is 2. The van der Waals surface area contributed by atoms with E-state index in [4.69, 9.17) is 23.3 Å². The number of carboxylic acid groups (broad SMARTS) is 1. The van der Waals surface area contributed by atoms with Crippen LogP contribution in [0, 0.1) is 0 Å². The van der Waals surface area contributed by atoms with Crippen LogP contribution in [-0.2, 0) is 39.9 Å². The first-order valence-corrected chi connectivity index (χ1v) is 21.8. The second kappa shape index (κ2) is 22.8. The number of aromatic nitrogens is 2. The highest BCUT2D eigenvalue weighted by Gasteiger charge is 2.31. The van der Waals surface area contributed by atoms with E-state index in [1.807, 2.05) is 72.8 Å². The number of rotatable bonds is 17. The third-order valence-corrected chi connectivity index (χ3v) is 11.0. The number of ether oxygens (including phenoxy) is 3. The second-order valence-corrected chi connectivity index (χ2v) is 15.8. The van der Waals surface area contributed by atoms with E-state index >= 15 is 0 Å². The Bertz CT molecular complexity index is 2900. The van der Waals surface area contributed by atoms with Crippen LogP contribution in [0.1, 0.15) is 76.5 Å². The molecule has 2 heterocycles. The van der Waals surface area contributed by atoms with E-state index in [-0.39, 0.29) is 37.9 Å². The summed E-state index contributed by atoms with van der Waals surface area (Å²) in [5, 5.41) is 16.6. The van der Waals surface area contributed by atoms with Crippen molar-refractivity contribution >= 4 is 11.9 Å². The number of benzene rings is 6. The molecule has 360 valence electrons. The van der Waals surface area contributed by atoms with Gasteiger partial charge in [-0.2, -0.15) is 26.3 Å². The van der Waals surface area contributed by atoms with Gasteiger partial charge in [0.15, 0.2) is 0 Å². The van der Waals surface area contributed by atoms with Crippen LogP contribution in [0.15, 0.2) is 179 Å². The number of esters is 1. The van der Waals surface area contributed by atoms with Gasteiger partial charge in [0.1, 0.15) is 36.2 Å². The predicted molar refractivity (Wildman–Crippen MR) is 246 cm³/mol. The molecule has 2 unspecified atom stereocenters. The van der Waals surface area contributed by atoms with E-state index < -0.39 is 35.4 Å². The Balaban J connectivity index is 0.000000207. The Morgan fingerprint density at radius 3 is 1.31 bits per heavy atom. The van der Waals surface area contributed by atoms with Gasteiger partial charge >= 0.3 is 24.3 Å². The monoisotopic (exact) mass is 962 g/mol. The van der Waals surface area contributed by atoms with Gasteiger partial charge in [0.05, 0.1) is 54.8 Å². The first-order valence-electron chi connectivity index (χ1n) is 21.8. The molecule has 0 aliphatic rings. The number of carbonyl (C=O) groups excluding carboxylic acids is 1. The Morgan fingerprint density at radius 2 is 0.957 bits per heavy atom. The first kappa shape index (κ1) is 49.8. The maximum absolute atomic E-state index is 12.8. The molecular weight excluding hydrogens is 919 g/mol. The first-order chi connectivity index (χ1) is 33.6. The molecule has 0 amide bonds. The molecular formula is C54H44F6N2O8. The minimum Gasteiger partial charge on any atom is -0.489 e. The lowest BCUT2D eigenvalue weighted by molar-refractivity contribution is -0.143. The summed E-state index contributed by atoms with van der Waals surface area (Å²) in [6, 6.07) is 42.7. The molecule has 0 saturated carbocycles. The van der Waals surface area contributed by atoms with Crippen molar-refractivity contribution in [1.82, 2.24) is 10.3 Å². The minimum absolute atomic E-state index is 0.125. The molecule has 0 aliphatic carbocycles. The molecule has 0 saturated heterocycles. The van der Waals surface area contributed by atoms with Gasteiger partial charge < -0.3 is 28.4 Å². The Morgan fingerprint density at radius 1 is 0.543 bits per heavy atom. The van der Waals surface area contributed by atoms with Gasteiger partial charge in [-0.15, -0.1) is 0 Å².